The molecule has 0 saturated carbocycles. The summed E-state index contributed by atoms with van der Waals surface area (Å²) < 4.78 is 44.5. The van der Waals surface area contributed by atoms with Gasteiger partial charge in [-0.15, -0.1) is 11.3 Å². The molecule has 10 aromatic rings. The standard InChI is InChI=1S/C48H30F3N3S/c1-29-37(30-10-4-2-5-11-30)26-41(31-12-6-3-7-13-31)53-47(29)40-27-52-28-45-46(40)39-25-33(17-23-44(39)55-45)32-16-22-43-38(24-32)36-14-8-9-15-42(36)54(43)35-20-18-34(19-21-35)48(49,50)51/h2-28H,1H3. The van der Waals surface area contributed by atoms with Crippen molar-refractivity contribution in [3.63, 3.8) is 0 Å². The smallest absolute Gasteiger partial charge is 0.309 e. The third-order valence-corrected chi connectivity index (χ3v) is 11.6. The van der Waals surface area contributed by atoms with Crippen LogP contribution < -0.4 is 0 Å². The molecule has 3 nitrogen and oxygen atoms in total. The molecule has 0 N–H and O–H groups in total. The monoisotopic (exact) mass is 737 g/mol. The number of halogens is 3. The number of hydrogen-bond acceptors (Lipinski definition) is 3. The number of nitrogens with zero attached hydrogens (tertiary/aromatic N) is 3. The Kier molecular flexibility index (Phi) is 7.68. The predicted molar refractivity (Wildman–Crippen MR) is 221 cm³/mol. The first-order chi connectivity index (χ1) is 26.8. The topological polar surface area (TPSA) is 30.7 Å². The third-order valence-electron chi connectivity index (χ3n) is 10.5. The summed E-state index contributed by atoms with van der Waals surface area (Å²) in [6, 6.07) is 49.3. The largest absolute Gasteiger partial charge is 0.416 e. The van der Waals surface area contributed by atoms with E-state index in [0.717, 1.165) is 104 Å². The van der Waals surface area contributed by atoms with Crippen LogP contribution in [-0.4, -0.2) is 14.5 Å². The molecule has 264 valence electrons. The van der Waals surface area contributed by atoms with E-state index in [-0.39, 0.29) is 0 Å². The second-order valence-corrected chi connectivity index (χ2v) is 14.8. The lowest BCUT2D eigenvalue weighted by molar-refractivity contribution is -0.137. The summed E-state index contributed by atoms with van der Waals surface area (Å²) >= 11 is 1.73. The molecule has 0 aliphatic carbocycles. The van der Waals surface area contributed by atoms with Crippen LogP contribution in [0.1, 0.15) is 11.1 Å². The summed E-state index contributed by atoms with van der Waals surface area (Å²) in [6.07, 6.45) is -0.505. The zero-order valence-corrected chi connectivity index (χ0v) is 30.3. The Morgan fingerprint density at radius 1 is 0.545 bits per heavy atom. The molecule has 0 atom stereocenters. The van der Waals surface area contributed by atoms with E-state index < -0.39 is 11.7 Å². The van der Waals surface area contributed by atoms with Gasteiger partial charge in [-0.25, -0.2) is 4.98 Å². The van der Waals surface area contributed by atoms with Gasteiger partial charge in [0.15, 0.2) is 0 Å². The second-order valence-electron chi connectivity index (χ2n) is 13.8. The van der Waals surface area contributed by atoms with Crippen molar-refractivity contribution >= 4 is 53.3 Å². The van der Waals surface area contributed by atoms with Crippen LogP contribution >= 0.6 is 11.3 Å². The van der Waals surface area contributed by atoms with Gasteiger partial charge < -0.3 is 4.57 Å². The summed E-state index contributed by atoms with van der Waals surface area (Å²) in [6.45, 7) is 2.15. The van der Waals surface area contributed by atoms with Crippen LogP contribution in [0.2, 0.25) is 0 Å². The number of thiophene rings is 1. The Morgan fingerprint density at radius 2 is 1.20 bits per heavy atom. The van der Waals surface area contributed by atoms with Gasteiger partial charge in [-0.3, -0.25) is 4.98 Å². The van der Waals surface area contributed by atoms with Crippen molar-refractivity contribution in [1.29, 1.82) is 0 Å². The summed E-state index contributed by atoms with van der Waals surface area (Å²) in [5, 5.41) is 4.31. The number of fused-ring (bicyclic) bond motifs is 6. The summed E-state index contributed by atoms with van der Waals surface area (Å²) in [4.78, 5) is 10.1. The lowest BCUT2D eigenvalue weighted by Crippen LogP contribution is -2.05. The Hall–Kier alpha value is -6.57. The van der Waals surface area contributed by atoms with Gasteiger partial charge in [0.1, 0.15) is 0 Å². The number of alkyl halides is 3. The number of pyridine rings is 2. The summed E-state index contributed by atoms with van der Waals surface area (Å²) in [5.74, 6) is 0. The van der Waals surface area contributed by atoms with Crippen LogP contribution in [0.15, 0.2) is 164 Å². The minimum Gasteiger partial charge on any atom is -0.309 e. The van der Waals surface area contributed by atoms with E-state index in [1.165, 1.54) is 0 Å². The van der Waals surface area contributed by atoms with E-state index >= 15 is 0 Å². The van der Waals surface area contributed by atoms with Crippen LogP contribution in [-0.2, 0) is 6.18 Å². The molecule has 0 amide bonds. The molecule has 0 radical (unpaired) electrons. The van der Waals surface area contributed by atoms with Crippen molar-refractivity contribution in [3.05, 3.63) is 175 Å². The highest BCUT2D eigenvalue weighted by Gasteiger charge is 2.30. The predicted octanol–water partition coefficient (Wildman–Crippen LogP) is 13.9. The van der Waals surface area contributed by atoms with E-state index in [0.29, 0.717) is 5.69 Å². The molecule has 0 aliphatic rings. The highest BCUT2D eigenvalue weighted by molar-refractivity contribution is 7.25. The SMILES string of the molecule is Cc1c(-c2ccccc2)cc(-c2ccccc2)nc1-c1cncc2sc3ccc(-c4ccc5c(c4)c4ccccc4n5-c4ccc(C(F)(F)F)cc4)cc3c12. The molecule has 0 saturated heterocycles. The first-order valence-electron chi connectivity index (χ1n) is 18.0. The molecule has 0 aliphatic heterocycles. The minimum absolute atomic E-state index is 0.666. The molecule has 6 aromatic carbocycles. The number of para-hydroxylation sites is 1. The zero-order valence-electron chi connectivity index (χ0n) is 29.5. The number of benzene rings is 6. The number of hydrogen-bond donors (Lipinski definition) is 0. The van der Waals surface area contributed by atoms with Crippen molar-refractivity contribution in [2.45, 2.75) is 13.1 Å². The lowest BCUT2D eigenvalue weighted by Gasteiger charge is -2.15. The van der Waals surface area contributed by atoms with Crippen LogP contribution in [0, 0.1) is 6.92 Å². The third kappa shape index (κ3) is 5.58. The average Bonchev–Trinajstić information content (AvgIpc) is 3.76. The van der Waals surface area contributed by atoms with Crippen LogP contribution in [0.4, 0.5) is 13.2 Å². The molecular weight excluding hydrogens is 708 g/mol. The van der Waals surface area contributed by atoms with Crippen LogP contribution in [0.5, 0.6) is 0 Å². The Morgan fingerprint density at radius 3 is 1.95 bits per heavy atom. The summed E-state index contributed by atoms with van der Waals surface area (Å²) in [5.41, 5.74) is 11.2. The van der Waals surface area contributed by atoms with Crippen LogP contribution in [0.3, 0.4) is 0 Å². The van der Waals surface area contributed by atoms with Crippen molar-refractivity contribution in [2.24, 2.45) is 0 Å². The minimum atomic E-state index is -4.40. The van der Waals surface area contributed by atoms with E-state index in [9.17, 15) is 13.2 Å². The van der Waals surface area contributed by atoms with Gasteiger partial charge in [0.05, 0.1) is 32.7 Å². The van der Waals surface area contributed by atoms with E-state index in [1.54, 1.807) is 23.5 Å². The highest BCUT2D eigenvalue weighted by atomic mass is 32.1. The lowest BCUT2D eigenvalue weighted by atomic mass is 9.93. The van der Waals surface area contributed by atoms with Gasteiger partial charge in [-0.1, -0.05) is 91.0 Å². The molecular formula is C48H30F3N3S. The maximum Gasteiger partial charge on any atom is 0.416 e. The molecule has 4 aromatic heterocycles. The Labute approximate surface area is 318 Å². The van der Waals surface area contributed by atoms with Crippen molar-refractivity contribution in [1.82, 2.24) is 14.5 Å². The van der Waals surface area contributed by atoms with Crippen LogP contribution in [0.25, 0.3) is 92.4 Å². The van der Waals surface area contributed by atoms with Crippen molar-refractivity contribution < 1.29 is 13.2 Å². The molecule has 7 heteroatoms. The molecule has 10 rings (SSSR count). The molecule has 4 heterocycles. The average molecular weight is 738 g/mol. The fourth-order valence-electron chi connectivity index (χ4n) is 7.86. The fraction of sp³-hybridized carbons (Fsp3) is 0.0417. The van der Waals surface area contributed by atoms with Gasteiger partial charge in [0.25, 0.3) is 0 Å². The first-order valence-corrected chi connectivity index (χ1v) is 18.8. The maximum absolute atomic E-state index is 13.4. The Bertz CT molecular complexity index is 3070. The molecule has 0 bridgehead atoms. The highest BCUT2D eigenvalue weighted by Crippen LogP contribution is 2.44. The van der Waals surface area contributed by atoms with E-state index in [4.69, 9.17) is 9.97 Å². The number of rotatable bonds is 5. The van der Waals surface area contributed by atoms with Crippen molar-refractivity contribution in [2.75, 3.05) is 0 Å². The normalized spacial score (nSPS) is 12.0. The number of aromatic nitrogens is 3. The maximum atomic E-state index is 13.4. The molecule has 0 spiro atoms. The van der Waals surface area contributed by atoms with Crippen molar-refractivity contribution in [3.8, 4) is 50.5 Å². The van der Waals surface area contributed by atoms with Gasteiger partial charge in [-0.2, -0.15) is 13.2 Å². The van der Waals surface area contributed by atoms with Gasteiger partial charge >= 0.3 is 6.18 Å². The quantitative estimate of drug-likeness (QED) is 0.176. The van der Waals surface area contributed by atoms with E-state index in [1.807, 2.05) is 59.4 Å². The second kappa shape index (κ2) is 12.8. The van der Waals surface area contributed by atoms with E-state index in [2.05, 4.69) is 91.9 Å². The van der Waals surface area contributed by atoms with Gasteiger partial charge in [0, 0.05) is 55.5 Å². The first kappa shape index (κ1) is 33.0. The Balaban J connectivity index is 1.15. The summed E-state index contributed by atoms with van der Waals surface area (Å²) in [7, 11) is 0. The van der Waals surface area contributed by atoms with Gasteiger partial charge in [-0.05, 0) is 95.4 Å². The molecule has 55 heavy (non-hydrogen) atoms. The molecule has 0 unspecified atom stereocenters. The zero-order chi connectivity index (χ0) is 37.3. The molecule has 0 fully saturated rings. The fourth-order valence-corrected chi connectivity index (χ4v) is 8.94. The van der Waals surface area contributed by atoms with Gasteiger partial charge in [0.2, 0.25) is 0 Å².